The fourth-order valence-corrected chi connectivity index (χ4v) is 1.18. The van der Waals surface area contributed by atoms with Crippen LogP contribution in [0.3, 0.4) is 0 Å². The van der Waals surface area contributed by atoms with Crippen molar-refractivity contribution in [3.8, 4) is 11.8 Å². The molecule has 0 aliphatic rings. The van der Waals surface area contributed by atoms with Crippen molar-refractivity contribution < 1.29 is 13.5 Å². The van der Waals surface area contributed by atoms with Crippen molar-refractivity contribution in [3.05, 3.63) is 35.4 Å². The molecule has 88 valence electrons. The Kier molecular flexibility index (Phi) is 4.55. The number of halogens is 2. The van der Waals surface area contributed by atoms with Crippen LogP contribution in [0.15, 0.2) is 29.8 Å². The smallest absolute Gasteiger partial charge is 0.387 e. The molecular formula is C11H8F2N2OS. The zero-order valence-corrected chi connectivity index (χ0v) is 9.38. The molecule has 0 fully saturated rings. The molecule has 0 saturated carbocycles. The first-order chi connectivity index (χ1) is 8.02. The molecule has 0 amide bonds. The Balaban J connectivity index is 2.88. The average Bonchev–Trinajstić information content (AvgIpc) is 2.26. The Morgan fingerprint density at radius 1 is 1.41 bits per heavy atom. The molecule has 0 radical (unpaired) electrons. The van der Waals surface area contributed by atoms with Crippen LogP contribution < -0.4 is 10.5 Å². The second kappa shape index (κ2) is 5.92. The number of benzene rings is 1. The lowest BCUT2D eigenvalue weighted by atomic mass is 10.1. The Morgan fingerprint density at radius 2 is 2.00 bits per heavy atom. The summed E-state index contributed by atoms with van der Waals surface area (Å²) in [6.45, 7) is -2.86. The van der Waals surface area contributed by atoms with Gasteiger partial charge < -0.3 is 10.5 Å². The van der Waals surface area contributed by atoms with Gasteiger partial charge in [0.25, 0.3) is 0 Å². The van der Waals surface area contributed by atoms with Gasteiger partial charge in [-0.25, -0.2) is 0 Å². The Labute approximate surface area is 102 Å². The van der Waals surface area contributed by atoms with Gasteiger partial charge in [0.15, 0.2) is 0 Å². The maximum atomic E-state index is 11.9. The molecule has 2 N–H and O–H groups in total. The van der Waals surface area contributed by atoms with E-state index in [4.69, 9.17) is 11.0 Å². The summed E-state index contributed by atoms with van der Waals surface area (Å²) in [5, 5.41) is 8.72. The minimum atomic E-state index is -2.86. The van der Waals surface area contributed by atoms with E-state index in [1.165, 1.54) is 30.3 Å². The van der Waals surface area contributed by atoms with E-state index in [0.717, 1.165) is 0 Å². The molecular weight excluding hydrogens is 246 g/mol. The summed E-state index contributed by atoms with van der Waals surface area (Å²) in [4.78, 5) is -0.0135. The van der Waals surface area contributed by atoms with E-state index in [9.17, 15) is 8.78 Å². The third kappa shape index (κ3) is 4.17. The first-order valence-electron chi connectivity index (χ1n) is 4.49. The fourth-order valence-electron chi connectivity index (χ4n) is 1.07. The highest BCUT2D eigenvalue weighted by atomic mass is 32.1. The number of hydrogen-bond donors (Lipinski definition) is 1. The molecule has 17 heavy (non-hydrogen) atoms. The highest BCUT2D eigenvalue weighted by Gasteiger charge is 2.04. The summed E-state index contributed by atoms with van der Waals surface area (Å²) in [5.74, 6) is 0.0472. The molecule has 3 nitrogen and oxygen atoms in total. The highest BCUT2D eigenvalue weighted by Crippen LogP contribution is 2.16. The van der Waals surface area contributed by atoms with Crippen molar-refractivity contribution in [2.75, 3.05) is 0 Å². The summed E-state index contributed by atoms with van der Waals surface area (Å²) < 4.78 is 27.9. The normalized spacial score (nSPS) is 11.1. The van der Waals surface area contributed by atoms with E-state index in [1.54, 1.807) is 0 Å². The molecule has 0 bridgehead atoms. The number of hydrogen-bond acceptors (Lipinski definition) is 3. The van der Waals surface area contributed by atoms with Crippen molar-refractivity contribution in [1.82, 2.24) is 0 Å². The molecule has 0 unspecified atom stereocenters. The predicted octanol–water partition coefficient (Wildman–Crippen LogP) is 2.48. The maximum absolute atomic E-state index is 11.9. The topological polar surface area (TPSA) is 59.0 Å². The van der Waals surface area contributed by atoms with E-state index < -0.39 is 6.61 Å². The molecule has 1 rings (SSSR count). The zero-order chi connectivity index (χ0) is 12.8. The van der Waals surface area contributed by atoms with Gasteiger partial charge in [0, 0.05) is 0 Å². The van der Waals surface area contributed by atoms with Crippen molar-refractivity contribution in [1.29, 1.82) is 5.26 Å². The zero-order valence-electron chi connectivity index (χ0n) is 8.56. The van der Waals surface area contributed by atoms with Crippen LogP contribution in [0.5, 0.6) is 5.75 Å². The van der Waals surface area contributed by atoms with E-state index in [0.29, 0.717) is 5.56 Å². The Hall–Kier alpha value is -2.00. The van der Waals surface area contributed by atoms with Crippen LogP contribution in [0.25, 0.3) is 6.08 Å². The van der Waals surface area contributed by atoms with Crippen molar-refractivity contribution >= 4 is 23.3 Å². The lowest BCUT2D eigenvalue weighted by Gasteiger charge is -2.04. The number of ether oxygens (including phenoxy) is 1. The number of rotatable bonds is 4. The molecule has 6 heteroatoms. The third-order valence-corrected chi connectivity index (χ3v) is 2.02. The lowest BCUT2D eigenvalue weighted by molar-refractivity contribution is -0.0498. The number of alkyl halides is 2. The van der Waals surface area contributed by atoms with Gasteiger partial charge in [-0.3, -0.25) is 0 Å². The lowest BCUT2D eigenvalue weighted by Crippen LogP contribution is -2.09. The third-order valence-electron chi connectivity index (χ3n) is 1.80. The van der Waals surface area contributed by atoms with Crippen molar-refractivity contribution in [2.45, 2.75) is 6.61 Å². The van der Waals surface area contributed by atoms with Crippen LogP contribution in [-0.4, -0.2) is 11.6 Å². The van der Waals surface area contributed by atoms with Crippen LogP contribution >= 0.6 is 12.2 Å². The van der Waals surface area contributed by atoms with Crippen molar-refractivity contribution in [2.24, 2.45) is 5.73 Å². The molecule has 1 aromatic carbocycles. The minimum Gasteiger partial charge on any atom is -0.435 e. The largest absolute Gasteiger partial charge is 0.435 e. The first kappa shape index (κ1) is 13.1. The molecule has 0 aliphatic heterocycles. The maximum Gasteiger partial charge on any atom is 0.387 e. The molecule has 0 heterocycles. The molecule has 0 atom stereocenters. The van der Waals surface area contributed by atoms with Crippen LogP contribution in [-0.2, 0) is 0 Å². The second-order valence-corrected chi connectivity index (χ2v) is 3.42. The molecule has 1 aromatic rings. The number of nitriles is 1. The van der Waals surface area contributed by atoms with Gasteiger partial charge in [-0.15, -0.1) is 0 Å². The van der Waals surface area contributed by atoms with Crippen LogP contribution in [0.4, 0.5) is 8.78 Å². The molecule has 0 aliphatic carbocycles. The van der Waals surface area contributed by atoms with Gasteiger partial charge in [-0.05, 0) is 23.8 Å². The van der Waals surface area contributed by atoms with E-state index in [2.05, 4.69) is 17.0 Å². The van der Waals surface area contributed by atoms with Crippen LogP contribution in [0, 0.1) is 11.3 Å². The predicted molar refractivity (Wildman–Crippen MR) is 63.4 cm³/mol. The van der Waals surface area contributed by atoms with Gasteiger partial charge in [0.05, 0.1) is 5.57 Å². The van der Waals surface area contributed by atoms with Crippen molar-refractivity contribution in [3.63, 3.8) is 0 Å². The van der Waals surface area contributed by atoms with Gasteiger partial charge in [-0.2, -0.15) is 14.0 Å². The van der Waals surface area contributed by atoms with Gasteiger partial charge in [0.1, 0.15) is 16.8 Å². The summed E-state index contributed by atoms with van der Waals surface area (Å²) in [6, 6.07) is 7.62. The number of thiocarbonyl (C=S) groups is 1. The van der Waals surface area contributed by atoms with Gasteiger partial charge >= 0.3 is 6.61 Å². The van der Waals surface area contributed by atoms with Crippen LogP contribution in [0.2, 0.25) is 0 Å². The standard InChI is InChI=1S/C11H8F2N2OS/c12-11(13)16-9-3-1-7(2-4-9)5-8(6-14)10(15)17/h1-5,11H,(H2,15,17)/b8-5+. The summed E-state index contributed by atoms with van der Waals surface area (Å²) in [7, 11) is 0. The summed E-state index contributed by atoms with van der Waals surface area (Å²) in [5.41, 5.74) is 6.08. The van der Waals surface area contributed by atoms with E-state index in [-0.39, 0.29) is 16.3 Å². The fraction of sp³-hybridized carbons (Fsp3) is 0.0909. The van der Waals surface area contributed by atoms with E-state index in [1.807, 2.05) is 6.07 Å². The second-order valence-electron chi connectivity index (χ2n) is 2.98. The highest BCUT2D eigenvalue weighted by molar-refractivity contribution is 7.80. The minimum absolute atomic E-state index is 0.0135. The van der Waals surface area contributed by atoms with Crippen LogP contribution in [0.1, 0.15) is 5.56 Å². The van der Waals surface area contributed by atoms with Gasteiger partial charge in [0.2, 0.25) is 0 Å². The van der Waals surface area contributed by atoms with Gasteiger partial charge in [-0.1, -0.05) is 24.4 Å². The molecule has 0 aromatic heterocycles. The SMILES string of the molecule is N#C/C(=C\c1ccc(OC(F)F)cc1)C(N)=S. The number of nitrogens with two attached hydrogens (primary N) is 1. The Bertz CT molecular complexity index is 477. The average molecular weight is 254 g/mol. The quantitative estimate of drug-likeness (QED) is 0.509. The molecule has 0 saturated heterocycles. The Morgan fingerprint density at radius 3 is 2.41 bits per heavy atom. The number of nitrogens with zero attached hydrogens (tertiary/aromatic N) is 1. The molecule has 0 spiro atoms. The van der Waals surface area contributed by atoms with E-state index >= 15 is 0 Å². The first-order valence-corrected chi connectivity index (χ1v) is 4.90. The summed E-state index contributed by atoms with van der Waals surface area (Å²) >= 11 is 4.66. The summed E-state index contributed by atoms with van der Waals surface area (Å²) in [6.07, 6.45) is 1.47. The monoisotopic (exact) mass is 254 g/mol.